The van der Waals surface area contributed by atoms with Crippen molar-refractivity contribution in [2.75, 3.05) is 10.0 Å². The molecule has 2 aromatic rings. The van der Waals surface area contributed by atoms with Crippen molar-refractivity contribution in [1.82, 2.24) is 5.32 Å². The van der Waals surface area contributed by atoms with Gasteiger partial charge in [0.25, 0.3) is 15.9 Å². The number of sulfonamides is 1. The summed E-state index contributed by atoms with van der Waals surface area (Å²) in [5.41, 5.74) is -1.89. The zero-order chi connectivity index (χ0) is 21.6. The van der Waals surface area contributed by atoms with Crippen molar-refractivity contribution in [3.05, 3.63) is 52.6 Å². The second-order valence-electron chi connectivity index (χ2n) is 6.65. The molecular weight excluding hydrogens is 428 g/mol. The molecule has 29 heavy (non-hydrogen) atoms. The van der Waals surface area contributed by atoms with Crippen LogP contribution in [0.15, 0.2) is 35.2 Å². The van der Waals surface area contributed by atoms with E-state index in [1.807, 2.05) is 4.72 Å². The van der Waals surface area contributed by atoms with Crippen molar-refractivity contribution >= 4 is 44.8 Å². The maximum absolute atomic E-state index is 13.8. The highest BCUT2D eigenvalue weighted by atomic mass is 35.5. The molecule has 154 valence electrons. The van der Waals surface area contributed by atoms with Gasteiger partial charge in [0.1, 0.15) is 17.2 Å². The van der Waals surface area contributed by atoms with Crippen molar-refractivity contribution in [3.8, 4) is 0 Å². The fourth-order valence-corrected chi connectivity index (χ4v) is 4.14. The van der Waals surface area contributed by atoms with E-state index < -0.39 is 49.6 Å². The maximum atomic E-state index is 13.8. The summed E-state index contributed by atoms with van der Waals surface area (Å²) in [6.45, 7) is 3.23. The molecule has 0 saturated heterocycles. The fraction of sp³-hybridized carbons (Fsp3) is 0.222. The highest BCUT2D eigenvalue weighted by Gasteiger charge is 2.38. The Morgan fingerprint density at radius 1 is 1.17 bits per heavy atom. The largest absolute Gasteiger partial charge is 0.338 e. The van der Waals surface area contributed by atoms with E-state index in [0.29, 0.717) is 6.07 Å². The van der Waals surface area contributed by atoms with E-state index in [-0.39, 0.29) is 22.7 Å². The minimum Gasteiger partial charge on any atom is -0.338 e. The zero-order valence-corrected chi connectivity index (χ0v) is 16.8. The average molecular weight is 444 g/mol. The number of carbonyl (C=O) groups is 2. The molecule has 0 fully saturated rings. The van der Waals surface area contributed by atoms with Crippen molar-refractivity contribution in [1.29, 1.82) is 0 Å². The number of hydrogen-bond donors (Lipinski definition) is 3. The summed E-state index contributed by atoms with van der Waals surface area (Å²) in [6, 6.07) is 4.37. The van der Waals surface area contributed by atoms with Gasteiger partial charge in [0.05, 0.1) is 26.9 Å². The summed E-state index contributed by atoms with van der Waals surface area (Å²) >= 11 is 6.14. The quantitative estimate of drug-likeness (QED) is 0.674. The molecule has 1 aliphatic rings. The van der Waals surface area contributed by atoms with Gasteiger partial charge in [-0.05, 0) is 37.6 Å². The van der Waals surface area contributed by atoms with Gasteiger partial charge in [0, 0.05) is 6.07 Å². The molecule has 1 unspecified atom stereocenters. The Kier molecular flexibility index (Phi) is 5.26. The van der Waals surface area contributed by atoms with E-state index in [1.54, 1.807) is 6.92 Å². The number of carbonyl (C=O) groups excluding carboxylic acids is 2. The van der Waals surface area contributed by atoms with Crippen LogP contribution >= 0.6 is 11.6 Å². The third-order valence-corrected chi connectivity index (χ3v) is 6.27. The van der Waals surface area contributed by atoms with Crippen LogP contribution in [0.4, 0.5) is 20.2 Å². The summed E-state index contributed by atoms with van der Waals surface area (Å²) in [4.78, 5) is 24.6. The van der Waals surface area contributed by atoms with Gasteiger partial charge >= 0.3 is 0 Å². The third-order valence-electron chi connectivity index (χ3n) is 4.63. The Morgan fingerprint density at radius 3 is 2.48 bits per heavy atom. The lowest BCUT2D eigenvalue weighted by molar-refractivity contribution is -0.121. The van der Waals surface area contributed by atoms with Gasteiger partial charge in [-0.3, -0.25) is 14.3 Å². The van der Waals surface area contributed by atoms with Gasteiger partial charge in [-0.1, -0.05) is 18.5 Å². The van der Waals surface area contributed by atoms with Crippen LogP contribution in [0.25, 0.3) is 0 Å². The standard InChI is InChI=1S/C18H16ClF2N3O4S/c1-3-18(2)17(26)22-15-11(16(25)23-18)7-10(8-12(15)19)29(27,28)24-14-5-4-9(20)6-13(14)21/h4-8,24H,3H2,1-2H3,(H,22,26)(H,23,25). The first-order chi connectivity index (χ1) is 13.5. The minimum atomic E-state index is -4.38. The van der Waals surface area contributed by atoms with Crippen LogP contribution in [0.2, 0.25) is 5.02 Å². The first-order valence-corrected chi connectivity index (χ1v) is 10.3. The number of rotatable bonds is 4. The number of hydrogen-bond acceptors (Lipinski definition) is 4. The van der Waals surface area contributed by atoms with Crippen LogP contribution in [0.3, 0.4) is 0 Å². The summed E-state index contributed by atoms with van der Waals surface area (Å²) in [5.74, 6) is -3.19. The normalized spacial score (nSPS) is 19.1. The van der Waals surface area contributed by atoms with Crippen molar-refractivity contribution in [3.63, 3.8) is 0 Å². The SMILES string of the molecule is CCC1(C)NC(=O)c2cc(S(=O)(=O)Nc3ccc(F)cc3F)cc(Cl)c2NC1=O. The fourth-order valence-electron chi connectivity index (χ4n) is 2.69. The first-order valence-electron chi connectivity index (χ1n) is 8.42. The molecule has 1 aliphatic heterocycles. The Balaban J connectivity index is 2.05. The molecule has 0 saturated carbocycles. The molecule has 0 spiro atoms. The maximum Gasteiger partial charge on any atom is 0.262 e. The van der Waals surface area contributed by atoms with Gasteiger partial charge in [-0.2, -0.15) is 0 Å². The summed E-state index contributed by atoms with van der Waals surface area (Å²) < 4.78 is 54.2. The Bertz CT molecular complexity index is 1140. The van der Waals surface area contributed by atoms with E-state index in [1.165, 1.54) is 6.92 Å². The number of anilines is 2. The molecule has 0 bridgehead atoms. The van der Waals surface area contributed by atoms with Crippen molar-refractivity contribution < 1.29 is 26.8 Å². The molecule has 11 heteroatoms. The van der Waals surface area contributed by atoms with Crippen LogP contribution in [-0.2, 0) is 14.8 Å². The van der Waals surface area contributed by atoms with Gasteiger partial charge in [-0.15, -0.1) is 0 Å². The monoisotopic (exact) mass is 443 g/mol. The Labute approximate surface area is 170 Å². The summed E-state index contributed by atoms with van der Waals surface area (Å²) in [5, 5.41) is 4.90. The minimum absolute atomic E-state index is 0.0294. The Morgan fingerprint density at radius 2 is 1.86 bits per heavy atom. The molecule has 1 atom stereocenters. The second kappa shape index (κ2) is 7.27. The molecule has 0 radical (unpaired) electrons. The number of nitrogens with one attached hydrogen (secondary N) is 3. The molecule has 7 nitrogen and oxygen atoms in total. The number of halogens is 3. The van der Waals surface area contributed by atoms with Crippen LogP contribution < -0.4 is 15.4 Å². The molecule has 3 rings (SSSR count). The molecule has 3 N–H and O–H groups in total. The van der Waals surface area contributed by atoms with E-state index >= 15 is 0 Å². The lowest BCUT2D eigenvalue weighted by Gasteiger charge is -2.25. The van der Waals surface area contributed by atoms with Crippen LogP contribution in [0.1, 0.15) is 30.6 Å². The third kappa shape index (κ3) is 3.90. The number of benzene rings is 2. The van der Waals surface area contributed by atoms with Crippen molar-refractivity contribution in [2.24, 2.45) is 0 Å². The van der Waals surface area contributed by atoms with Crippen LogP contribution in [-0.4, -0.2) is 25.8 Å². The van der Waals surface area contributed by atoms with Crippen molar-refractivity contribution in [2.45, 2.75) is 30.7 Å². The molecule has 0 aliphatic carbocycles. The average Bonchev–Trinajstić information content (AvgIpc) is 2.73. The second-order valence-corrected chi connectivity index (χ2v) is 8.74. The number of amides is 2. The number of fused-ring (bicyclic) bond motifs is 1. The van der Waals surface area contributed by atoms with E-state index in [2.05, 4.69) is 10.6 Å². The van der Waals surface area contributed by atoms with E-state index in [0.717, 1.165) is 24.3 Å². The van der Waals surface area contributed by atoms with Gasteiger partial charge in [0.2, 0.25) is 5.91 Å². The molecule has 1 heterocycles. The van der Waals surface area contributed by atoms with E-state index in [9.17, 15) is 26.8 Å². The van der Waals surface area contributed by atoms with Gasteiger partial charge in [-0.25, -0.2) is 17.2 Å². The highest BCUT2D eigenvalue weighted by Crippen LogP contribution is 2.34. The highest BCUT2D eigenvalue weighted by molar-refractivity contribution is 7.92. The summed E-state index contributed by atoms with van der Waals surface area (Å²) in [7, 11) is -4.38. The van der Waals surface area contributed by atoms with Crippen LogP contribution in [0, 0.1) is 11.6 Å². The molecule has 2 amide bonds. The predicted octanol–water partition coefficient (Wildman–Crippen LogP) is 3.27. The van der Waals surface area contributed by atoms with Crippen LogP contribution in [0.5, 0.6) is 0 Å². The van der Waals surface area contributed by atoms with Gasteiger partial charge in [0.15, 0.2) is 0 Å². The molecule has 0 aromatic heterocycles. The molecular formula is C18H16ClF2N3O4S. The summed E-state index contributed by atoms with van der Waals surface area (Å²) in [6.07, 6.45) is 0.284. The Hall–Kier alpha value is -2.72. The lowest BCUT2D eigenvalue weighted by atomic mass is 9.98. The smallest absolute Gasteiger partial charge is 0.262 e. The first kappa shape index (κ1) is 21.0. The molecule has 2 aromatic carbocycles. The predicted molar refractivity (Wildman–Crippen MR) is 103 cm³/mol. The van der Waals surface area contributed by atoms with E-state index in [4.69, 9.17) is 11.6 Å². The lowest BCUT2D eigenvalue weighted by Crippen LogP contribution is -2.52. The zero-order valence-electron chi connectivity index (χ0n) is 15.3. The topological polar surface area (TPSA) is 104 Å². The van der Waals surface area contributed by atoms with Gasteiger partial charge < -0.3 is 10.6 Å².